The number of esters is 1. The van der Waals surface area contributed by atoms with E-state index in [0.717, 1.165) is 12.0 Å². The SMILES string of the molecule is CCCCOC(=O)c1ccccc1S(=O)(=O)Oc1ccc(CN(C(=O)CC(C)C)C(C)C)cc1. The van der Waals surface area contributed by atoms with Gasteiger partial charge in [-0.1, -0.05) is 51.5 Å². The fourth-order valence-corrected chi connectivity index (χ4v) is 4.40. The minimum atomic E-state index is -4.26. The summed E-state index contributed by atoms with van der Waals surface area (Å²) in [6, 6.07) is 12.4. The summed E-state index contributed by atoms with van der Waals surface area (Å²) in [6.07, 6.45) is 2.02. The molecule has 0 aliphatic carbocycles. The number of hydrogen-bond acceptors (Lipinski definition) is 6. The van der Waals surface area contributed by atoms with E-state index in [2.05, 4.69) is 0 Å². The van der Waals surface area contributed by atoms with E-state index < -0.39 is 16.1 Å². The zero-order valence-corrected chi connectivity index (χ0v) is 21.4. The second kappa shape index (κ2) is 12.6. The van der Waals surface area contributed by atoms with Gasteiger partial charge in [0.05, 0.1) is 12.2 Å². The first-order chi connectivity index (χ1) is 16.0. The minimum Gasteiger partial charge on any atom is -0.462 e. The van der Waals surface area contributed by atoms with Gasteiger partial charge in [0.15, 0.2) is 0 Å². The quantitative estimate of drug-likeness (QED) is 0.231. The molecular weight excluding hydrogens is 454 g/mol. The zero-order valence-electron chi connectivity index (χ0n) is 20.6. The third kappa shape index (κ3) is 7.87. The number of nitrogens with zero attached hydrogens (tertiary/aromatic N) is 1. The molecule has 0 spiro atoms. The molecule has 0 saturated heterocycles. The lowest BCUT2D eigenvalue weighted by atomic mass is 10.1. The predicted molar refractivity (Wildman–Crippen MR) is 131 cm³/mol. The van der Waals surface area contributed by atoms with Crippen molar-refractivity contribution in [2.75, 3.05) is 6.61 Å². The van der Waals surface area contributed by atoms with Crippen molar-refractivity contribution in [3.05, 3.63) is 59.7 Å². The summed E-state index contributed by atoms with van der Waals surface area (Å²) in [5.74, 6) is -0.245. The number of unbranched alkanes of at least 4 members (excludes halogenated alkanes) is 1. The molecule has 2 aromatic carbocycles. The number of carbonyl (C=O) groups is 2. The Balaban J connectivity index is 2.16. The maximum Gasteiger partial charge on any atom is 0.340 e. The highest BCUT2D eigenvalue weighted by molar-refractivity contribution is 7.87. The fourth-order valence-electron chi connectivity index (χ4n) is 3.28. The van der Waals surface area contributed by atoms with Crippen molar-refractivity contribution in [1.29, 1.82) is 0 Å². The lowest BCUT2D eigenvalue weighted by Crippen LogP contribution is -2.36. The van der Waals surface area contributed by atoms with Crippen molar-refractivity contribution in [1.82, 2.24) is 4.90 Å². The van der Waals surface area contributed by atoms with Crippen LogP contribution in [0.2, 0.25) is 0 Å². The van der Waals surface area contributed by atoms with Gasteiger partial charge in [-0.15, -0.1) is 0 Å². The normalized spacial score (nSPS) is 11.5. The van der Waals surface area contributed by atoms with Gasteiger partial charge in [-0.25, -0.2) is 4.79 Å². The lowest BCUT2D eigenvalue weighted by molar-refractivity contribution is -0.134. The number of ether oxygens (including phenoxy) is 1. The summed E-state index contributed by atoms with van der Waals surface area (Å²) in [5.41, 5.74) is 0.793. The summed E-state index contributed by atoms with van der Waals surface area (Å²) in [4.78, 5) is 26.5. The first kappa shape index (κ1) is 27.4. The van der Waals surface area contributed by atoms with Gasteiger partial charge in [-0.3, -0.25) is 4.79 Å². The zero-order chi connectivity index (χ0) is 25.3. The summed E-state index contributed by atoms with van der Waals surface area (Å²) in [7, 11) is -4.26. The average molecular weight is 490 g/mol. The Bertz CT molecular complexity index is 1060. The Morgan fingerprint density at radius 2 is 1.62 bits per heavy atom. The first-order valence-corrected chi connectivity index (χ1v) is 13.0. The van der Waals surface area contributed by atoms with E-state index in [-0.39, 0.29) is 40.7 Å². The van der Waals surface area contributed by atoms with Crippen LogP contribution in [-0.4, -0.2) is 37.8 Å². The molecule has 0 aromatic heterocycles. The van der Waals surface area contributed by atoms with Crippen LogP contribution in [-0.2, 0) is 26.2 Å². The third-order valence-corrected chi connectivity index (χ3v) is 6.42. The highest BCUT2D eigenvalue weighted by Gasteiger charge is 2.25. The van der Waals surface area contributed by atoms with Crippen LogP contribution in [0.3, 0.4) is 0 Å². The number of amides is 1. The highest BCUT2D eigenvalue weighted by Crippen LogP contribution is 2.23. The van der Waals surface area contributed by atoms with E-state index in [9.17, 15) is 18.0 Å². The highest BCUT2D eigenvalue weighted by atomic mass is 32.2. The van der Waals surface area contributed by atoms with Crippen molar-refractivity contribution in [2.45, 2.75) is 71.4 Å². The van der Waals surface area contributed by atoms with Gasteiger partial charge in [-0.2, -0.15) is 8.42 Å². The van der Waals surface area contributed by atoms with Gasteiger partial charge in [0.25, 0.3) is 0 Å². The first-order valence-electron chi connectivity index (χ1n) is 11.6. The number of benzene rings is 2. The molecule has 0 aliphatic heterocycles. The van der Waals surface area contributed by atoms with Crippen LogP contribution in [0.15, 0.2) is 53.4 Å². The van der Waals surface area contributed by atoms with Gasteiger partial charge in [-0.05, 0) is 56.0 Å². The molecule has 0 aliphatic rings. The van der Waals surface area contributed by atoms with Crippen LogP contribution in [0.1, 0.15) is 69.8 Å². The van der Waals surface area contributed by atoms with Gasteiger partial charge in [0.2, 0.25) is 5.91 Å². The van der Waals surface area contributed by atoms with Crippen molar-refractivity contribution in [3.63, 3.8) is 0 Å². The Hall–Kier alpha value is -2.87. The van der Waals surface area contributed by atoms with Crippen LogP contribution >= 0.6 is 0 Å². The molecular formula is C26H35NO6S. The van der Waals surface area contributed by atoms with Gasteiger partial charge >= 0.3 is 16.1 Å². The van der Waals surface area contributed by atoms with Crippen molar-refractivity contribution in [3.8, 4) is 5.75 Å². The molecule has 0 heterocycles. The molecule has 0 saturated carbocycles. The molecule has 186 valence electrons. The van der Waals surface area contributed by atoms with Crippen LogP contribution in [0.25, 0.3) is 0 Å². The second-order valence-corrected chi connectivity index (χ2v) is 10.4. The number of rotatable bonds is 12. The fraction of sp³-hybridized carbons (Fsp3) is 0.462. The number of carbonyl (C=O) groups excluding carboxylic acids is 2. The smallest absolute Gasteiger partial charge is 0.340 e. The molecule has 1 amide bonds. The Kier molecular flexibility index (Phi) is 10.1. The summed E-state index contributed by atoms with van der Waals surface area (Å²) >= 11 is 0. The molecule has 0 N–H and O–H groups in total. The standard InChI is InChI=1S/C26H35NO6S/c1-6-7-16-32-26(29)23-10-8-9-11-24(23)34(30,31)33-22-14-12-21(13-15-22)18-27(20(4)5)25(28)17-19(2)3/h8-15,19-20H,6-7,16-18H2,1-5H3. The molecule has 0 radical (unpaired) electrons. The van der Waals surface area contributed by atoms with Crippen LogP contribution < -0.4 is 4.18 Å². The van der Waals surface area contributed by atoms with E-state index in [1.165, 1.54) is 18.2 Å². The Morgan fingerprint density at radius 3 is 2.21 bits per heavy atom. The summed E-state index contributed by atoms with van der Waals surface area (Å²) in [6.45, 7) is 10.6. The van der Waals surface area contributed by atoms with Gasteiger partial charge in [0, 0.05) is 19.0 Å². The Morgan fingerprint density at radius 1 is 0.971 bits per heavy atom. The van der Waals surface area contributed by atoms with Gasteiger partial charge < -0.3 is 13.8 Å². The Labute approximate surface area is 203 Å². The maximum atomic E-state index is 12.9. The summed E-state index contributed by atoms with van der Waals surface area (Å²) in [5, 5.41) is 0. The third-order valence-electron chi connectivity index (χ3n) is 5.12. The monoisotopic (exact) mass is 489 g/mol. The van der Waals surface area contributed by atoms with Crippen molar-refractivity contribution >= 4 is 22.0 Å². The van der Waals surface area contributed by atoms with Crippen molar-refractivity contribution in [2.24, 2.45) is 5.92 Å². The maximum absolute atomic E-state index is 12.9. The minimum absolute atomic E-state index is 0.0381. The number of hydrogen-bond donors (Lipinski definition) is 0. The molecule has 0 atom stereocenters. The van der Waals surface area contributed by atoms with E-state index >= 15 is 0 Å². The molecule has 7 nitrogen and oxygen atoms in total. The summed E-state index contributed by atoms with van der Waals surface area (Å²) < 4.78 is 36.3. The molecule has 34 heavy (non-hydrogen) atoms. The van der Waals surface area contributed by atoms with Crippen LogP contribution in [0, 0.1) is 5.92 Å². The van der Waals surface area contributed by atoms with E-state index in [1.54, 1.807) is 35.2 Å². The predicted octanol–water partition coefficient (Wildman–Crippen LogP) is 5.19. The van der Waals surface area contributed by atoms with Gasteiger partial charge in [0.1, 0.15) is 10.6 Å². The molecule has 2 aromatic rings. The molecule has 0 fully saturated rings. The largest absolute Gasteiger partial charge is 0.462 e. The van der Waals surface area contributed by atoms with Crippen LogP contribution in [0.4, 0.5) is 0 Å². The molecule has 0 unspecified atom stereocenters. The van der Waals surface area contributed by atoms with Crippen LogP contribution in [0.5, 0.6) is 5.75 Å². The van der Waals surface area contributed by atoms with E-state index in [0.29, 0.717) is 19.4 Å². The van der Waals surface area contributed by atoms with E-state index in [1.807, 2.05) is 34.6 Å². The molecule has 2 rings (SSSR count). The van der Waals surface area contributed by atoms with Crippen molar-refractivity contribution < 1.29 is 26.9 Å². The molecule has 8 heteroatoms. The topological polar surface area (TPSA) is 90.0 Å². The average Bonchev–Trinajstić information content (AvgIpc) is 2.77. The second-order valence-electron chi connectivity index (χ2n) is 8.88. The van der Waals surface area contributed by atoms with E-state index in [4.69, 9.17) is 8.92 Å². The molecule has 0 bridgehead atoms. The lowest BCUT2D eigenvalue weighted by Gasteiger charge is -2.27.